The number of hydrogen-bond acceptors (Lipinski definition) is 2. The summed E-state index contributed by atoms with van der Waals surface area (Å²) in [5.41, 5.74) is 4.39. The van der Waals surface area contributed by atoms with E-state index in [-0.39, 0.29) is 18.0 Å². The number of halogens is 2. The van der Waals surface area contributed by atoms with Crippen molar-refractivity contribution in [3.63, 3.8) is 0 Å². The Morgan fingerprint density at radius 3 is 2.44 bits per heavy atom. The summed E-state index contributed by atoms with van der Waals surface area (Å²) in [4.78, 5) is 0. The second-order valence-electron chi connectivity index (χ2n) is 8.54. The molecule has 0 unspecified atom stereocenters. The minimum atomic E-state index is -0.211. The van der Waals surface area contributed by atoms with Gasteiger partial charge in [-0.25, -0.2) is 4.39 Å². The molecule has 0 spiro atoms. The van der Waals surface area contributed by atoms with Crippen molar-refractivity contribution in [3.05, 3.63) is 88.1 Å². The fourth-order valence-corrected chi connectivity index (χ4v) is 4.84. The lowest BCUT2D eigenvalue weighted by molar-refractivity contribution is -0.00662. The van der Waals surface area contributed by atoms with Crippen molar-refractivity contribution in [1.82, 2.24) is 0 Å². The molecule has 3 aromatic rings. The van der Waals surface area contributed by atoms with Crippen LogP contribution in [0.25, 0.3) is 11.1 Å². The zero-order valence-electron chi connectivity index (χ0n) is 18.5. The largest absolute Gasteiger partial charge is 0.490 e. The average Bonchev–Trinajstić information content (AvgIpc) is 2.80. The molecule has 0 atom stereocenters. The molecule has 0 radical (unpaired) electrons. The molecule has 4 rings (SSSR count). The number of hydrogen-bond donors (Lipinski definition) is 0. The highest BCUT2D eigenvalue weighted by molar-refractivity contribution is 9.10. The van der Waals surface area contributed by atoms with Crippen LogP contribution in [0.4, 0.5) is 4.39 Å². The van der Waals surface area contributed by atoms with Gasteiger partial charge in [0, 0.05) is 4.47 Å². The van der Waals surface area contributed by atoms with E-state index in [1.807, 2.05) is 18.2 Å². The summed E-state index contributed by atoms with van der Waals surface area (Å²) in [5, 5.41) is 0. The van der Waals surface area contributed by atoms with Crippen LogP contribution in [0.1, 0.15) is 50.2 Å². The third-order valence-corrected chi connectivity index (χ3v) is 6.53. The van der Waals surface area contributed by atoms with E-state index in [0.717, 1.165) is 59.9 Å². The molecule has 1 aliphatic rings. The zero-order chi connectivity index (χ0) is 22.3. The van der Waals surface area contributed by atoms with Gasteiger partial charge in [0.1, 0.15) is 11.6 Å². The van der Waals surface area contributed by atoms with Crippen molar-refractivity contribution < 1.29 is 13.9 Å². The predicted molar refractivity (Wildman–Crippen MR) is 131 cm³/mol. The van der Waals surface area contributed by atoms with Gasteiger partial charge >= 0.3 is 0 Å². The molecule has 32 heavy (non-hydrogen) atoms. The van der Waals surface area contributed by atoms with E-state index in [4.69, 9.17) is 9.47 Å². The van der Waals surface area contributed by atoms with Crippen molar-refractivity contribution in [2.45, 2.75) is 64.3 Å². The predicted octanol–water partition coefficient (Wildman–Crippen LogP) is 8.11. The van der Waals surface area contributed by atoms with Crippen LogP contribution in [0.15, 0.2) is 71.2 Å². The summed E-state index contributed by atoms with van der Waals surface area (Å²) < 4.78 is 27.4. The van der Waals surface area contributed by atoms with E-state index < -0.39 is 0 Å². The molecular weight excluding hydrogens is 467 g/mol. The molecule has 1 aliphatic carbocycles. The fourth-order valence-electron chi connectivity index (χ4n) is 4.39. The van der Waals surface area contributed by atoms with Crippen LogP contribution in [-0.2, 0) is 17.8 Å². The van der Waals surface area contributed by atoms with Gasteiger partial charge in [-0.1, -0.05) is 59.6 Å². The fraction of sp³-hybridized carbons (Fsp3) is 0.357. The summed E-state index contributed by atoms with van der Waals surface area (Å²) in [6.07, 6.45) is 6.46. The van der Waals surface area contributed by atoms with Crippen LogP contribution in [0.2, 0.25) is 0 Å². The molecule has 2 nitrogen and oxygen atoms in total. The van der Waals surface area contributed by atoms with Gasteiger partial charge in [0.15, 0.2) is 0 Å². The van der Waals surface area contributed by atoms with Gasteiger partial charge in [0.2, 0.25) is 0 Å². The number of rotatable bonds is 8. The van der Waals surface area contributed by atoms with E-state index in [2.05, 4.69) is 53.2 Å². The molecule has 0 saturated heterocycles. The Bertz CT molecular complexity index is 1030. The van der Waals surface area contributed by atoms with Crippen molar-refractivity contribution in [1.29, 1.82) is 0 Å². The normalized spacial score (nSPS) is 18.5. The Labute approximate surface area is 198 Å². The molecule has 0 amide bonds. The van der Waals surface area contributed by atoms with Crippen LogP contribution in [0.5, 0.6) is 5.75 Å². The maximum absolute atomic E-state index is 13.8. The van der Waals surface area contributed by atoms with Crippen molar-refractivity contribution in [2.24, 2.45) is 0 Å². The lowest BCUT2D eigenvalue weighted by Gasteiger charge is -2.29. The Balaban J connectivity index is 1.36. The first-order valence-electron chi connectivity index (χ1n) is 11.5. The highest BCUT2D eigenvalue weighted by Crippen LogP contribution is 2.32. The quantitative estimate of drug-likeness (QED) is 0.313. The van der Waals surface area contributed by atoms with Crippen LogP contribution in [0, 0.1) is 5.82 Å². The third-order valence-electron chi connectivity index (χ3n) is 6.04. The van der Waals surface area contributed by atoms with Crippen LogP contribution < -0.4 is 4.74 Å². The molecule has 0 bridgehead atoms. The number of aryl methyl sites for hydroxylation is 1. The smallest absolute Gasteiger partial charge is 0.123 e. The van der Waals surface area contributed by atoms with E-state index in [0.29, 0.717) is 6.61 Å². The van der Waals surface area contributed by atoms with E-state index in [1.54, 1.807) is 12.1 Å². The lowest BCUT2D eigenvalue weighted by Crippen LogP contribution is -2.28. The molecule has 0 heterocycles. The topological polar surface area (TPSA) is 18.5 Å². The molecular formula is C28H30BrFO2. The maximum Gasteiger partial charge on any atom is 0.123 e. The average molecular weight is 497 g/mol. The summed E-state index contributed by atoms with van der Waals surface area (Å²) in [5.74, 6) is 0.653. The number of ether oxygens (including phenoxy) is 2. The van der Waals surface area contributed by atoms with Crippen molar-refractivity contribution >= 4 is 15.9 Å². The highest BCUT2D eigenvalue weighted by atomic mass is 79.9. The number of benzene rings is 3. The monoisotopic (exact) mass is 496 g/mol. The first kappa shape index (κ1) is 23.0. The van der Waals surface area contributed by atoms with Gasteiger partial charge < -0.3 is 9.47 Å². The minimum absolute atomic E-state index is 0.193. The first-order chi connectivity index (χ1) is 15.6. The zero-order valence-corrected chi connectivity index (χ0v) is 20.1. The van der Waals surface area contributed by atoms with Crippen LogP contribution >= 0.6 is 15.9 Å². The van der Waals surface area contributed by atoms with Crippen LogP contribution in [-0.4, -0.2) is 12.2 Å². The minimum Gasteiger partial charge on any atom is -0.490 e. The second-order valence-corrected chi connectivity index (χ2v) is 9.45. The second kappa shape index (κ2) is 11.1. The summed E-state index contributed by atoms with van der Waals surface area (Å²) in [6.45, 7) is 2.81. The molecule has 0 aliphatic heterocycles. The molecule has 3 aromatic carbocycles. The Morgan fingerprint density at radius 2 is 1.69 bits per heavy atom. The standard InChI is InChI=1S/C28H30BrFO2/c1-2-5-21-10-11-27(18-28(21)22-7-4-9-24(30)17-22)32-26-14-12-25(13-15-26)31-19-20-6-3-8-23(29)16-20/h3-4,6-11,16-18,25-26H,2,5,12-15,19H2,1H3. The van der Waals surface area contributed by atoms with Crippen molar-refractivity contribution in [2.75, 3.05) is 0 Å². The van der Waals surface area contributed by atoms with Crippen molar-refractivity contribution in [3.8, 4) is 16.9 Å². The highest BCUT2D eigenvalue weighted by Gasteiger charge is 2.23. The SMILES string of the molecule is CCCc1ccc(OC2CCC(OCc3cccc(Br)c3)CC2)cc1-c1cccc(F)c1. The third kappa shape index (κ3) is 6.20. The van der Waals surface area contributed by atoms with E-state index in [9.17, 15) is 4.39 Å². The lowest BCUT2D eigenvalue weighted by atomic mass is 9.94. The molecule has 0 aromatic heterocycles. The van der Waals surface area contributed by atoms with Gasteiger partial charge in [-0.3, -0.25) is 0 Å². The summed E-state index contributed by atoms with van der Waals surface area (Å²) in [7, 11) is 0. The molecule has 0 N–H and O–H groups in total. The van der Waals surface area contributed by atoms with E-state index in [1.165, 1.54) is 17.2 Å². The molecule has 1 fully saturated rings. The Hall–Kier alpha value is -2.17. The van der Waals surface area contributed by atoms with Gasteiger partial charge in [-0.05, 0) is 90.8 Å². The summed E-state index contributed by atoms with van der Waals surface area (Å²) in [6, 6.07) is 21.4. The molecule has 168 valence electrons. The molecule has 1 saturated carbocycles. The van der Waals surface area contributed by atoms with Gasteiger partial charge in [-0.2, -0.15) is 0 Å². The van der Waals surface area contributed by atoms with E-state index >= 15 is 0 Å². The first-order valence-corrected chi connectivity index (χ1v) is 12.3. The van der Waals surface area contributed by atoms with Gasteiger partial charge in [0.25, 0.3) is 0 Å². The Morgan fingerprint density at radius 1 is 0.906 bits per heavy atom. The van der Waals surface area contributed by atoms with Crippen LogP contribution in [0.3, 0.4) is 0 Å². The van der Waals surface area contributed by atoms with Gasteiger partial charge in [-0.15, -0.1) is 0 Å². The van der Waals surface area contributed by atoms with Gasteiger partial charge in [0.05, 0.1) is 18.8 Å². The summed E-state index contributed by atoms with van der Waals surface area (Å²) >= 11 is 3.51. The maximum atomic E-state index is 13.8. The molecule has 4 heteroatoms. The Kier molecular flexibility index (Phi) is 7.99.